The summed E-state index contributed by atoms with van der Waals surface area (Å²) in [6.45, 7) is 13.6. The third-order valence-electron chi connectivity index (χ3n) is 19.3. The van der Waals surface area contributed by atoms with Gasteiger partial charge in [0.2, 0.25) is 0 Å². The van der Waals surface area contributed by atoms with Crippen LogP contribution in [0.2, 0.25) is 0 Å². The Morgan fingerprint density at radius 3 is 1.57 bits per heavy atom. The van der Waals surface area contributed by atoms with Crippen molar-refractivity contribution in [1.29, 1.82) is 0 Å². The average molecular weight is 1130 g/mol. The molecule has 16 aromatic rings. The molecule has 0 aliphatic heterocycles. The van der Waals surface area contributed by atoms with Crippen molar-refractivity contribution in [3.8, 4) is 33.4 Å². The first-order valence-electron chi connectivity index (χ1n) is 30.7. The maximum absolute atomic E-state index is 7.61. The lowest BCUT2D eigenvalue weighted by atomic mass is 9.69. The van der Waals surface area contributed by atoms with E-state index in [9.17, 15) is 0 Å². The van der Waals surface area contributed by atoms with E-state index in [1.807, 2.05) is 6.07 Å². The van der Waals surface area contributed by atoms with Gasteiger partial charge in [0.15, 0.2) is 0 Å². The number of hydrogen-bond acceptors (Lipinski definition) is 5. The van der Waals surface area contributed by atoms with Gasteiger partial charge >= 0.3 is 0 Å². The second kappa shape index (κ2) is 18.2. The topological polar surface area (TPSA) is 54.7 Å². The van der Waals surface area contributed by atoms with E-state index in [1.165, 1.54) is 71.6 Å². The van der Waals surface area contributed by atoms with Crippen molar-refractivity contribution in [2.75, 3.05) is 10.2 Å². The summed E-state index contributed by atoms with van der Waals surface area (Å²) in [5, 5.41) is 15.1. The zero-order chi connectivity index (χ0) is 58.9. The molecular formula is C83H60N2O3. The maximum Gasteiger partial charge on any atom is 0.145 e. The van der Waals surface area contributed by atoms with Crippen molar-refractivity contribution >= 4 is 116 Å². The monoisotopic (exact) mass is 1130 g/mol. The fraction of sp³-hybridized carbons (Fsp3) is 0.108. The number of nitrogens with one attached hydrogen (secondary N) is 1. The van der Waals surface area contributed by atoms with E-state index in [4.69, 9.17) is 13.3 Å². The molecule has 1 spiro atoms. The highest BCUT2D eigenvalue weighted by Gasteiger charge is 2.54. The van der Waals surface area contributed by atoms with Crippen molar-refractivity contribution < 1.29 is 13.3 Å². The Hall–Kier alpha value is -10.6. The Morgan fingerprint density at radius 1 is 0.352 bits per heavy atom. The van der Waals surface area contributed by atoms with E-state index in [2.05, 4.69) is 294 Å². The molecule has 420 valence electrons. The van der Waals surface area contributed by atoms with E-state index in [1.54, 1.807) is 0 Å². The van der Waals surface area contributed by atoms with Crippen LogP contribution in [0, 0.1) is 0 Å². The van der Waals surface area contributed by atoms with Crippen LogP contribution in [0.5, 0.6) is 0 Å². The molecule has 0 saturated heterocycles. The van der Waals surface area contributed by atoms with Crippen LogP contribution in [0.15, 0.2) is 262 Å². The van der Waals surface area contributed by atoms with Gasteiger partial charge in [0.05, 0.1) is 16.5 Å². The molecule has 1 N–H and O–H groups in total. The number of anilines is 5. The highest BCUT2D eigenvalue weighted by molar-refractivity contribution is 6.27. The molecule has 3 aromatic heterocycles. The van der Waals surface area contributed by atoms with E-state index < -0.39 is 5.41 Å². The van der Waals surface area contributed by atoms with Gasteiger partial charge in [0.25, 0.3) is 0 Å². The molecule has 0 unspecified atom stereocenters. The molecule has 3 heterocycles. The largest absolute Gasteiger partial charge is 0.456 e. The summed E-state index contributed by atoms with van der Waals surface area (Å²) < 4.78 is 20.8. The van der Waals surface area contributed by atoms with Crippen molar-refractivity contribution in [3.05, 3.63) is 282 Å². The molecule has 88 heavy (non-hydrogen) atoms. The van der Waals surface area contributed by atoms with E-state index in [0.717, 1.165) is 111 Å². The lowest BCUT2D eigenvalue weighted by molar-refractivity contribution is 0.590. The smallest absolute Gasteiger partial charge is 0.145 e. The SMILES string of the molecule is CC(C)(C)c1ccc(Nc2ccc3oc4ccccc4c3c2-c2ccc3c4c(c5ccccc5c3c2)-c2c(cc(N(c3ccc(C(C)(C)C)cc3)c3ccc5oc6ccccc6c5c3)c3c2oc2ccccc23)C42c3ccccc3-c3ccccc32)cc1. The minimum atomic E-state index is -0.803. The lowest BCUT2D eigenvalue weighted by Gasteiger charge is -2.33. The third-order valence-corrected chi connectivity index (χ3v) is 19.3. The molecule has 0 amide bonds. The lowest BCUT2D eigenvalue weighted by Crippen LogP contribution is -2.26. The van der Waals surface area contributed by atoms with Crippen LogP contribution >= 0.6 is 0 Å². The fourth-order valence-corrected chi connectivity index (χ4v) is 15.3. The van der Waals surface area contributed by atoms with Crippen molar-refractivity contribution in [2.45, 2.75) is 57.8 Å². The summed E-state index contributed by atoms with van der Waals surface area (Å²) in [4.78, 5) is 2.48. The Kier molecular flexibility index (Phi) is 10.5. The van der Waals surface area contributed by atoms with E-state index in [-0.39, 0.29) is 10.8 Å². The summed E-state index contributed by atoms with van der Waals surface area (Å²) in [7, 11) is 0. The molecule has 5 nitrogen and oxygen atoms in total. The van der Waals surface area contributed by atoms with Gasteiger partial charge in [-0.3, -0.25) is 0 Å². The van der Waals surface area contributed by atoms with Crippen LogP contribution in [-0.2, 0) is 16.2 Å². The second-order valence-corrected chi connectivity index (χ2v) is 26.3. The fourth-order valence-electron chi connectivity index (χ4n) is 15.3. The molecule has 0 bridgehead atoms. The highest BCUT2D eigenvalue weighted by atomic mass is 16.3. The number of fused-ring (bicyclic) bond motifs is 25. The molecule has 2 aliphatic carbocycles. The van der Waals surface area contributed by atoms with Crippen LogP contribution < -0.4 is 10.2 Å². The summed E-state index contributed by atoms with van der Waals surface area (Å²) in [6.07, 6.45) is 0. The van der Waals surface area contributed by atoms with Crippen molar-refractivity contribution in [3.63, 3.8) is 0 Å². The third kappa shape index (κ3) is 7.10. The molecule has 0 atom stereocenters. The number of nitrogens with zero attached hydrogens (tertiary/aromatic N) is 1. The Morgan fingerprint density at radius 2 is 0.886 bits per heavy atom. The first-order chi connectivity index (χ1) is 42.9. The quantitative estimate of drug-likeness (QED) is 0.168. The first kappa shape index (κ1) is 50.7. The van der Waals surface area contributed by atoms with Gasteiger partial charge in [0.1, 0.15) is 33.5 Å². The Balaban J connectivity index is 0.965. The predicted molar refractivity (Wildman–Crippen MR) is 367 cm³/mol. The van der Waals surface area contributed by atoms with Gasteiger partial charge in [-0.15, -0.1) is 0 Å². The van der Waals surface area contributed by atoms with Crippen molar-refractivity contribution in [1.82, 2.24) is 0 Å². The molecular weight excluding hydrogens is 1070 g/mol. The highest BCUT2D eigenvalue weighted by Crippen LogP contribution is 2.68. The normalized spacial score (nSPS) is 13.4. The summed E-state index contributed by atoms with van der Waals surface area (Å²) in [5.41, 5.74) is 23.9. The minimum Gasteiger partial charge on any atom is -0.456 e. The van der Waals surface area contributed by atoms with E-state index >= 15 is 0 Å². The van der Waals surface area contributed by atoms with Gasteiger partial charge in [-0.1, -0.05) is 205 Å². The summed E-state index contributed by atoms with van der Waals surface area (Å²) in [5.74, 6) is 0. The van der Waals surface area contributed by atoms with E-state index in [0.29, 0.717) is 0 Å². The standard InChI is InChI=1S/C83H60N2O3/c1-81(2,3)49-32-36-51(37-33-49)84-67-42-44-73-76(61-25-13-17-29-70(61)87-73)74(67)48-31-41-59-62(45-48)54-19-7-8-23-58(54)77-78-66(83(79(59)77)64-26-14-9-20-55(64)56-21-10-15-27-65(56)83)47-68(75-60-24-12-18-30-71(60)88-80(75)78)85(52-38-34-50(35-39-52)82(4,5)6)53-40-43-72-63(46-53)57-22-11-16-28-69(57)86-72/h7-47,84H,1-6H3. The summed E-state index contributed by atoms with van der Waals surface area (Å²) in [6, 6.07) is 91.8. The minimum absolute atomic E-state index is 0.0288. The number of rotatable bonds is 6. The van der Waals surface area contributed by atoms with Gasteiger partial charge in [-0.25, -0.2) is 0 Å². The second-order valence-electron chi connectivity index (χ2n) is 26.3. The zero-order valence-electron chi connectivity index (χ0n) is 49.8. The van der Waals surface area contributed by atoms with Crippen LogP contribution in [0.3, 0.4) is 0 Å². The van der Waals surface area contributed by atoms with Crippen LogP contribution in [0.25, 0.3) is 121 Å². The van der Waals surface area contributed by atoms with Crippen LogP contribution in [0.1, 0.15) is 74.9 Å². The van der Waals surface area contributed by atoms with Gasteiger partial charge in [0, 0.05) is 60.8 Å². The number of benzene rings is 13. The Bertz CT molecular complexity index is 5580. The zero-order valence-corrected chi connectivity index (χ0v) is 49.8. The molecule has 2 aliphatic rings. The van der Waals surface area contributed by atoms with Gasteiger partial charge in [-0.2, -0.15) is 0 Å². The van der Waals surface area contributed by atoms with Crippen molar-refractivity contribution in [2.24, 2.45) is 0 Å². The predicted octanol–water partition coefficient (Wildman–Crippen LogP) is 23.5. The number of para-hydroxylation sites is 3. The average Bonchev–Trinajstić information content (AvgIpc) is 1.49. The Labute approximate surface area is 509 Å². The molecule has 5 heteroatoms. The molecule has 0 saturated carbocycles. The molecule has 0 fully saturated rings. The first-order valence-corrected chi connectivity index (χ1v) is 30.7. The summed E-state index contributed by atoms with van der Waals surface area (Å²) >= 11 is 0. The maximum atomic E-state index is 7.61. The number of furan rings is 3. The molecule has 18 rings (SSSR count). The molecule has 0 radical (unpaired) electrons. The van der Waals surface area contributed by atoms with Gasteiger partial charge in [-0.05, 0) is 173 Å². The van der Waals surface area contributed by atoms with Crippen LogP contribution in [0.4, 0.5) is 28.4 Å². The number of hydrogen-bond donors (Lipinski definition) is 1. The van der Waals surface area contributed by atoms with Gasteiger partial charge < -0.3 is 23.5 Å². The molecule has 13 aromatic carbocycles. The van der Waals surface area contributed by atoms with Crippen LogP contribution in [-0.4, -0.2) is 0 Å².